The first kappa shape index (κ1) is 41.3. The quantitative estimate of drug-likeness (QED) is 0.0749. The van der Waals surface area contributed by atoms with Crippen LogP contribution in [0.15, 0.2) is 185 Å². The van der Waals surface area contributed by atoms with Crippen LogP contribution in [0.2, 0.25) is 0 Å². The van der Waals surface area contributed by atoms with Crippen LogP contribution in [-0.2, 0) is 4.79 Å². The Bertz CT molecular complexity index is 2800. The SMILES string of the molecule is CN(c1ccc(O)cc1)c1ccc2c(-c3ccccc3C(=O)N3CCN(C(=O)CCCC[PH](c4ccccc4)(c4ccccc4)c4ccccc4)CC3)c3ccc(=O)cc-3oc2c1. The van der Waals surface area contributed by atoms with Crippen molar-refractivity contribution in [1.29, 1.82) is 0 Å². The number of nitrogens with zero attached hydrogens (tertiary/aromatic N) is 3. The number of hydrogen-bond acceptors (Lipinski definition) is 6. The van der Waals surface area contributed by atoms with Gasteiger partial charge >= 0.3 is 214 Å². The van der Waals surface area contributed by atoms with Crippen molar-refractivity contribution in [3.8, 4) is 28.2 Å². The maximum absolute atomic E-state index is 14.5. The van der Waals surface area contributed by atoms with E-state index < -0.39 is 7.26 Å². The number of phenols is 1. The summed E-state index contributed by atoms with van der Waals surface area (Å²) in [6, 6.07) is 58.0. The number of carbonyl (C=O) groups is 2. The number of fused-ring (bicyclic) bond motifs is 2. The van der Waals surface area contributed by atoms with Crippen molar-refractivity contribution < 1.29 is 19.1 Å². The van der Waals surface area contributed by atoms with Crippen LogP contribution in [0.1, 0.15) is 29.6 Å². The predicted molar refractivity (Wildman–Crippen MR) is 258 cm³/mol. The van der Waals surface area contributed by atoms with Gasteiger partial charge in [0.15, 0.2) is 5.43 Å². The first-order chi connectivity index (χ1) is 30.8. The van der Waals surface area contributed by atoms with E-state index in [1.54, 1.807) is 18.2 Å². The van der Waals surface area contributed by atoms with Crippen LogP contribution in [0.25, 0.3) is 33.4 Å². The average molecular weight is 852 g/mol. The molecule has 0 unspecified atom stereocenters. The molecule has 9 heteroatoms. The summed E-state index contributed by atoms with van der Waals surface area (Å²) < 4.78 is 6.40. The number of rotatable bonds is 12. The van der Waals surface area contributed by atoms with Gasteiger partial charge in [-0.2, -0.15) is 0 Å². The van der Waals surface area contributed by atoms with E-state index in [2.05, 4.69) is 91.0 Å². The Balaban J connectivity index is 0.909. The molecule has 6 aromatic rings. The second-order valence-corrected chi connectivity index (χ2v) is 20.4. The van der Waals surface area contributed by atoms with Crippen LogP contribution < -0.4 is 26.2 Å². The Morgan fingerprint density at radius 3 is 1.83 bits per heavy atom. The fourth-order valence-electron chi connectivity index (χ4n) is 9.33. The first-order valence-corrected chi connectivity index (χ1v) is 23.9. The normalized spacial score (nSPS) is 13.3. The monoisotopic (exact) mass is 851 g/mol. The molecule has 316 valence electrons. The minimum absolute atomic E-state index is 0.104. The standard InChI is InChI=1S/C54H50N3O5P/c1-55(39-24-27-41(58)28-25-39)40-26-30-48-50(37-40)62-51-38-42(59)29-31-49(51)53(48)46-21-11-12-22-47(46)54(61)57-34-32-56(33-35-57)52(60)23-13-14-36-63(43-15-5-2-6-16-43,44-17-7-3-8-18-44)45-19-9-4-10-20-45/h2-12,15-22,24-31,37-38,58,63H,13-14,23,32-36H2,1H3. The molecule has 0 saturated carbocycles. The van der Waals surface area contributed by atoms with Gasteiger partial charge < -0.3 is 14.4 Å². The van der Waals surface area contributed by atoms with Crippen molar-refractivity contribution in [3.05, 3.63) is 192 Å². The number of unbranched alkanes of at least 4 members (excludes halogenated alkanes) is 1. The molecule has 0 spiro atoms. The second kappa shape index (κ2) is 18.1. The molecule has 63 heavy (non-hydrogen) atoms. The molecule has 0 radical (unpaired) electrons. The molecule has 8 nitrogen and oxygen atoms in total. The van der Waals surface area contributed by atoms with E-state index in [0.717, 1.165) is 52.5 Å². The van der Waals surface area contributed by atoms with Crippen LogP contribution in [0.5, 0.6) is 5.75 Å². The van der Waals surface area contributed by atoms with E-state index in [4.69, 9.17) is 4.42 Å². The van der Waals surface area contributed by atoms with Crippen LogP contribution in [0.3, 0.4) is 0 Å². The molecule has 0 aromatic heterocycles. The topological polar surface area (TPSA) is 94.3 Å². The maximum atomic E-state index is 14.5. The molecule has 0 atom stereocenters. The van der Waals surface area contributed by atoms with Gasteiger partial charge in [0, 0.05) is 47.1 Å². The Kier molecular flexibility index (Phi) is 11.9. The van der Waals surface area contributed by atoms with Crippen LogP contribution >= 0.6 is 7.26 Å². The summed E-state index contributed by atoms with van der Waals surface area (Å²) in [6.45, 7) is 1.82. The number of piperazine rings is 1. The van der Waals surface area contributed by atoms with E-state index in [1.807, 2.05) is 76.3 Å². The smallest absolute Gasteiger partial charge is 0.182 e. The van der Waals surface area contributed by atoms with E-state index in [0.29, 0.717) is 49.5 Å². The number of amides is 2. The minimum atomic E-state index is -2.37. The third-order valence-corrected chi connectivity index (χ3v) is 17.7. The molecule has 0 bridgehead atoms. The zero-order valence-corrected chi connectivity index (χ0v) is 36.3. The Morgan fingerprint density at radius 2 is 1.19 bits per heavy atom. The fraction of sp³-hybridized carbons (Fsp3) is 0.167. The van der Waals surface area contributed by atoms with Gasteiger partial charge in [-0.15, -0.1) is 0 Å². The Hall–Kier alpha value is -7.02. The van der Waals surface area contributed by atoms with Gasteiger partial charge in [0.1, 0.15) is 17.1 Å². The summed E-state index contributed by atoms with van der Waals surface area (Å²) in [5, 5.41) is 14.8. The number of benzene rings is 7. The first-order valence-electron chi connectivity index (χ1n) is 21.7. The number of anilines is 2. The van der Waals surface area contributed by atoms with Crippen LogP contribution in [0, 0.1) is 0 Å². The van der Waals surface area contributed by atoms with Crippen molar-refractivity contribution in [2.45, 2.75) is 19.3 Å². The zero-order valence-electron chi connectivity index (χ0n) is 35.3. The molecule has 6 aromatic carbocycles. The van der Waals surface area contributed by atoms with Crippen molar-refractivity contribution in [2.75, 3.05) is 44.3 Å². The number of phenolic OH excluding ortho intramolecular Hbond substituents is 1. The molecule has 1 saturated heterocycles. The predicted octanol–water partition coefficient (Wildman–Crippen LogP) is 9.22. The fourth-order valence-corrected chi connectivity index (χ4v) is 14.3. The Labute approximate surface area is 368 Å². The molecule has 1 aliphatic carbocycles. The second-order valence-electron chi connectivity index (χ2n) is 16.3. The van der Waals surface area contributed by atoms with Gasteiger partial charge in [0.2, 0.25) is 0 Å². The molecule has 1 N–H and O–H groups in total. The van der Waals surface area contributed by atoms with Gasteiger partial charge in [-0.05, 0) is 48.5 Å². The molecule has 3 aliphatic rings. The molecule has 2 aliphatic heterocycles. The Morgan fingerprint density at radius 1 is 0.619 bits per heavy atom. The maximum Gasteiger partial charge on any atom is 0.182 e. The third kappa shape index (κ3) is 8.35. The summed E-state index contributed by atoms with van der Waals surface area (Å²) in [5.74, 6) is 0.642. The number of hydrogen-bond donors (Lipinski definition) is 1. The van der Waals surface area contributed by atoms with Gasteiger partial charge in [-0.3, -0.25) is 4.79 Å². The van der Waals surface area contributed by atoms with E-state index in [9.17, 15) is 19.5 Å². The zero-order chi connectivity index (χ0) is 43.3. The molecular formula is C54H50N3O5P. The largest absolute Gasteiger partial charge is 0.456 e. The summed E-state index contributed by atoms with van der Waals surface area (Å²) in [6.07, 6.45) is 3.18. The van der Waals surface area contributed by atoms with Crippen molar-refractivity contribution in [3.63, 3.8) is 0 Å². The molecular weight excluding hydrogens is 802 g/mol. The summed E-state index contributed by atoms with van der Waals surface area (Å²) in [5.41, 5.74) is 4.94. The van der Waals surface area contributed by atoms with Gasteiger partial charge in [-0.1, -0.05) is 18.2 Å². The van der Waals surface area contributed by atoms with Crippen molar-refractivity contribution in [1.82, 2.24) is 9.80 Å². The molecule has 9 rings (SSSR count). The average Bonchev–Trinajstić information content (AvgIpc) is 3.33. The van der Waals surface area contributed by atoms with E-state index in [-0.39, 0.29) is 23.0 Å². The number of carbonyl (C=O) groups excluding carboxylic acids is 2. The van der Waals surface area contributed by atoms with Crippen molar-refractivity contribution in [2.24, 2.45) is 0 Å². The van der Waals surface area contributed by atoms with E-state index in [1.165, 1.54) is 28.0 Å². The van der Waals surface area contributed by atoms with Crippen LogP contribution in [-0.4, -0.2) is 66.1 Å². The van der Waals surface area contributed by atoms with E-state index >= 15 is 0 Å². The van der Waals surface area contributed by atoms with Gasteiger partial charge in [-0.25, -0.2) is 0 Å². The van der Waals surface area contributed by atoms with Crippen molar-refractivity contribution >= 4 is 57.3 Å². The van der Waals surface area contributed by atoms with Crippen LogP contribution in [0.4, 0.5) is 11.4 Å². The summed E-state index contributed by atoms with van der Waals surface area (Å²) in [7, 11) is -0.437. The summed E-state index contributed by atoms with van der Waals surface area (Å²) in [4.78, 5) is 46.6. The third-order valence-electron chi connectivity index (χ3n) is 12.6. The molecule has 2 amide bonds. The molecule has 1 fully saturated rings. The van der Waals surface area contributed by atoms with Gasteiger partial charge in [0.05, 0.1) is 0 Å². The summed E-state index contributed by atoms with van der Waals surface area (Å²) >= 11 is 0. The number of aromatic hydroxyl groups is 1. The van der Waals surface area contributed by atoms with Gasteiger partial charge in [0.25, 0.3) is 0 Å². The molecule has 2 heterocycles. The minimum Gasteiger partial charge on any atom is -0.456 e.